The third-order valence-corrected chi connectivity index (χ3v) is 2.73. The Balaban J connectivity index is 2.31. The molecule has 2 aromatic rings. The smallest absolute Gasteiger partial charge is 0.148 e. The van der Waals surface area contributed by atoms with E-state index in [0.717, 1.165) is 27.4 Å². The van der Waals surface area contributed by atoms with Crippen molar-refractivity contribution < 1.29 is 0 Å². The fourth-order valence-corrected chi connectivity index (χ4v) is 1.67. The summed E-state index contributed by atoms with van der Waals surface area (Å²) < 4.78 is 0.829. The van der Waals surface area contributed by atoms with Crippen molar-refractivity contribution in [1.82, 2.24) is 15.0 Å². The number of halogens is 1. The Kier molecular flexibility index (Phi) is 3.14. The third kappa shape index (κ3) is 2.36. The highest BCUT2D eigenvalue weighted by molar-refractivity contribution is 9.10. The molecule has 0 radical (unpaired) electrons. The normalized spacial score (nSPS) is 10.2. The van der Waals surface area contributed by atoms with Crippen LogP contribution in [0.3, 0.4) is 0 Å². The zero-order valence-corrected chi connectivity index (χ0v) is 10.6. The first-order chi connectivity index (χ1) is 7.66. The lowest BCUT2D eigenvalue weighted by atomic mass is 10.3. The number of aromatic nitrogens is 3. The first-order valence-corrected chi connectivity index (χ1v) is 5.63. The third-order valence-electron chi connectivity index (χ3n) is 2.15. The van der Waals surface area contributed by atoms with Gasteiger partial charge in [0, 0.05) is 11.9 Å². The van der Waals surface area contributed by atoms with Gasteiger partial charge in [-0.15, -0.1) is 0 Å². The molecular weight excluding hydrogens is 268 g/mol. The Morgan fingerprint density at radius 3 is 2.75 bits per heavy atom. The lowest BCUT2D eigenvalue weighted by molar-refractivity contribution is 1.11. The molecule has 82 valence electrons. The number of anilines is 2. The molecule has 2 aromatic heterocycles. The standard InChI is InChI=1S/C11H11BrN4/c1-7-3-4-10(8(2)15-7)16-11-9(12)5-13-6-14-11/h3-6H,1-2H3,(H,13,14,16). The van der Waals surface area contributed by atoms with Crippen molar-refractivity contribution in [2.75, 3.05) is 5.32 Å². The highest BCUT2D eigenvalue weighted by Gasteiger charge is 2.04. The van der Waals surface area contributed by atoms with E-state index >= 15 is 0 Å². The van der Waals surface area contributed by atoms with E-state index in [1.54, 1.807) is 6.20 Å². The number of hydrogen-bond donors (Lipinski definition) is 1. The SMILES string of the molecule is Cc1ccc(Nc2ncncc2Br)c(C)n1. The van der Waals surface area contributed by atoms with Gasteiger partial charge in [-0.25, -0.2) is 9.97 Å². The van der Waals surface area contributed by atoms with Gasteiger partial charge in [-0.3, -0.25) is 4.98 Å². The van der Waals surface area contributed by atoms with Crippen LogP contribution in [0.1, 0.15) is 11.4 Å². The number of pyridine rings is 1. The van der Waals surface area contributed by atoms with E-state index in [9.17, 15) is 0 Å². The van der Waals surface area contributed by atoms with Gasteiger partial charge in [-0.05, 0) is 41.9 Å². The minimum Gasteiger partial charge on any atom is -0.338 e. The summed E-state index contributed by atoms with van der Waals surface area (Å²) in [6.45, 7) is 3.93. The minimum absolute atomic E-state index is 0.740. The van der Waals surface area contributed by atoms with E-state index in [1.165, 1.54) is 6.33 Å². The predicted octanol–water partition coefficient (Wildman–Crippen LogP) is 2.99. The monoisotopic (exact) mass is 278 g/mol. The molecule has 0 saturated heterocycles. The Bertz CT molecular complexity index is 513. The van der Waals surface area contributed by atoms with Gasteiger partial charge in [-0.2, -0.15) is 0 Å². The summed E-state index contributed by atoms with van der Waals surface area (Å²) in [5, 5.41) is 3.21. The molecule has 0 aliphatic carbocycles. The van der Waals surface area contributed by atoms with Crippen LogP contribution >= 0.6 is 15.9 Å². The minimum atomic E-state index is 0.740. The largest absolute Gasteiger partial charge is 0.338 e. The van der Waals surface area contributed by atoms with Crippen LogP contribution in [-0.2, 0) is 0 Å². The van der Waals surface area contributed by atoms with Crippen LogP contribution in [-0.4, -0.2) is 15.0 Å². The second kappa shape index (κ2) is 4.57. The average molecular weight is 279 g/mol. The molecule has 0 amide bonds. The van der Waals surface area contributed by atoms with Crippen molar-refractivity contribution in [2.24, 2.45) is 0 Å². The number of rotatable bonds is 2. The molecule has 0 unspecified atom stereocenters. The molecule has 2 rings (SSSR count). The van der Waals surface area contributed by atoms with Crippen LogP contribution in [0.2, 0.25) is 0 Å². The number of nitrogens with zero attached hydrogens (tertiary/aromatic N) is 3. The number of hydrogen-bond acceptors (Lipinski definition) is 4. The van der Waals surface area contributed by atoms with E-state index in [2.05, 4.69) is 36.2 Å². The molecule has 5 heteroatoms. The van der Waals surface area contributed by atoms with E-state index in [4.69, 9.17) is 0 Å². The van der Waals surface area contributed by atoms with Gasteiger partial charge in [0.1, 0.15) is 12.1 Å². The molecule has 0 atom stereocenters. The molecule has 0 saturated carbocycles. The molecule has 0 fully saturated rings. The zero-order valence-electron chi connectivity index (χ0n) is 9.03. The average Bonchev–Trinajstić information content (AvgIpc) is 2.25. The molecule has 0 aromatic carbocycles. The summed E-state index contributed by atoms with van der Waals surface area (Å²) in [7, 11) is 0. The van der Waals surface area contributed by atoms with Crippen LogP contribution in [0.4, 0.5) is 11.5 Å². The van der Waals surface area contributed by atoms with Crippen LogP contribution in [0.15, 0.2) is 29.1 Å². The summed E-state index contributed by atoms with van der Waals surface area (Å²) in [6, 6.07) is 3.96. The molecule has 0 bridgehead atoms. The molecular formula is C11H11BrN4. The van der Waals surface area contributed by atoms with Crippen molar-refractivity contribution in [3.8, 4) is 0 Å². The quantitative estimate of drug-likeness (QED) is 0.918. The summed E-state index contributed by atoms with van der Waals surface area (Å²) in [4.78, 5) is 12.4. The summed E-state index contributed by atoms with van der Waals surface area (Å²) in [6.07, 6.45) is 3.20. The molecule has 2 heterocycles. The highest BCUT2D eigenvalue weighted by atomic mass is 79.9. The maximum Gasteiger partial charge on any atom is 0.148 e. The van der Waals surface area contributed by atoms with Crippen LogP contribution < -0.4 is 5.32 Å². The van der Waals surface area contributed by atoms with Crippen molar-refractivity contribution >= 4 is 27.4 Å². The fraction of sp³-hybridized carbons (Fsp3) is 0.182. The lowest BCUT2D eigenvalue weighted by Gasteiger charge is -2.09. The molecule has 1 N–H and O–H groups in total. The Hall–Kier alpha value is -1.49. The van der Waals surface area contributed by atoms with E-state index in [0.29, 0.717) is 0 Å². The Morgan fingerprint density at radius 2 is 2.06 bits per heavy atom. The van der Waals surface area contributed by atoms with Crippen molar-refractivity contribution in [3.05, 3.63) is 40.5 Å². The first kappa shape index (κ1) is 11.0. The van der Waals surface area contributed by atoms with Gasteiger partial charge in [0.15, 0.2) is 0 Å². The maximum absolute atomic E-state index is 4.38. The summed E-state index contributed by atoms with van der Waals surface area (Å²) in [5.74, 6) is 0.740. The highest BCUT2D eigenvalue weighted by Crippen LogP contribution is 2.23. The van der Waals surface area contributed by atoms with Crippen molar-refractivity contribution in [3.63, 3.8) is 0 Å². The molecule has 16 heavy (non-hydrogen) atoms. The number of aryl methyl sites for hydroxylation is 2. The Morgan fingerprint density at radius 1 is 1.25 bits per heavy atom. The van der Waals surface area contributed by atoms with Gasteiger partial charge in [0.25, 0.3) is 0 Å². The van der Waals surface area contributed by atoms with Crippen LogP contribution in [0.25, 0.3) is 0 Å². The van der Waals surface area contributed by atoms with Gasteiger partial charge in [0.05, 0.1) is 15.9 Å². The lowest BCUT2D eigenvalue weighted by Crippen LogP contribution is -1.99. The molecule has 0 spiro atoms. The van der Waals surface area contributed by atoms with Crippen molar-refractivity contribution in [1.29, 1.82) is 0 Å². The molecule has 4 nitrogen and oxygen atoms in total. The first-order valence-electron chi connectivity index (χ1n) is 4.83. The fourth-order valence-electron chi connectivity index (χ4n) is 1.35. The topological polar surface area (TPSA) is 50.7 Å². The van der Waals surface area contributed by atoms with E-state index < -0.39 is 0 Å². The van der Waals surface area contributed by atoms with E-state index in [1.807, 2.05) is 26.0 Å². The molecule has 0 aliphatic heterocycles. The van der Waals surface area contributed by atoms with Crippen LogP contribution in [0.5, 0.6) is 0 Å². The van der Waals surface area contributed by atoms with Gasteiger partial charge in [0.2, 0.25) is 0 Å². The maximum atomic E-state index is 4.38. The van der Waals surface area contributed by atoms with Gasteiger partial charge >= 0.3 is 0 Å². The predicted molar refractivity (Wildman–Crippen MR) is 66.7 cm³/mol. The van der Waals surface area contributed by atoms with Crippen LogP contribution in [0, 0.1) is 13.8 Å². The second-order valence-corrected chi connectivity index (χ2v) is 4.28. The molecule has 0 aliphatic rings. The number of nitrogens with one attached hydrogen (secondary N) is 1. The summed E-state index contributed by atoms with van der Waals surface area (Å²) >= 11 is 3.38. The zero-order chi connectivity index (χ0) is 11.5. The van der Waals surface area contributed by atoms with Gasteiger partial charge in [-0.1, -0.05) is 0 Å². The Labute approximate surface area is 102 Å². The van der Waals surface area contributed by atoms with E-state index in [-0.39, 0.29) is 0 Å². The van der Waals surface area contributed by atoms with Gasteiger partial charge < -0.3 is 5.32 Å². The van der Waals surface area contributed by atoms with Crippen molar-refractivity contribution in [2.45, 2.75) is 13.8 Å². The summed E-state index contributed by atoms with van der Waals surface area (Å²) in [5.41, 5.74) is 2.90. The second-order valence-electron chi connectivity index (χ2n) is 3.43.